The van der Waals surface area contributed by atoms with E-state index >= 15 is 0 Å². The molecule has 3 aromatic heterocycles. The number of hydrogen-bond donors (Lipinski definition) is 0. The van der Waals surface area contributed by atoms with E-state index in [1.54, 1.807) is 23.0 Å². The third-order valence-electron chi connectivity index (χ3n) is 5.65. The molecule has 5 rings (SSSR count). The Morgan fingerprint density at radius 3 is 2.84 bits per heavy atom. The quantitative estimate of drug-likeness (QED) is 0.443. The summed E-state index contributed by atoms with van der Waals surface area (Å²) in [7, 11) is 1.89. The van der Waals surface area contributed by atoms with Crippen molar-refractivity contribution in [2.75, 3.05) is 6.61 Å². The van der Waals surface area contributed by atoms with Gasteiger partial charge in [0.25, 0.3) is 0 Å². The van der Waals surface area contributed by atoms with E-state index in [0.29, 0.717) is 33.9 Å². The maximum Gasteiger partial charge on any atom is 0.134 e. The molecular formula is C23H21ClFN5O. The van der Waals surface area contributed by atoms with Crippen LogP contribution in [0.4, 0.5) is 4.39 Å². The van der Waals surface area contributed by atoms with Crippen molar-refractivity contribution in [1.82, 2.24) is 24.7 Å². The molecule has 158 valence electrons. The normalized spacial score (nSPS) is 19.1. The van der Waals surface area contributed by atoms with Gasteiger partial charge >= 0.3 is 0 Å². The Hall–Kier alpha value is -2.90. The summed E-state index contributed by atoms with van der Waals surface area (Å²) in [6.07, 6.45) is 7.04. The first kappa shape index (κ1) is 20.0. The number of fused-ring (bicyclic) bond motifs is 1. The summed E-state index contributed by atoms with van der Waals surface area (Å²) in [5, 5.41) is 4.60. The fourth-order valence-corrected chi connectivity index (χ4v) is 4.27. The number of benzene rings is 1. The molecule has 31 heavy (non-hydrogen) atoms. The summed E-state index contributed by atoms with van der Waals surface area (Å²) in [5.74, 6) is -0.277. The number of pyridine rings is 1. The summed E-state index contributed by atoms with van der Waals surface area (Å²) in [4.78, 5) is 14.0. The summed E-state index contributed by atoms with van der Waals surface area (Å²) < 4.78 is 22.6. The van der Waals surface area contributed by atoms with Gasteiger partial charge in [0.2, 0.25) is 0 Å². The molecule has 0 saturated carbocycles. The molecule has 1 aliphatic rings. The van der Waals surface area contributed by atoms with E-state index in [1.165, 1.54) is 6.07 Å². The van der Waals surface area contributed by atoms with Gasteiger partial charge in [-0.05, 0) is 44.0 Å². The van der Waals surface area contributed by atoms with Crippen LogP contribution in [0.2, 0.25) is 5.02 Å². The van der Waals surface area contributed by atoms with Crippen molar-refractivity contribution < 1.29 is 9.13 Å². The molecule has 1 aliphatic heterocycles. The maximum absolute atomic E-state index is 14.8. The van der Waals surface area contributed by atoms with Crippen LogP contribution in [0.3, 0.4) is 0 Å². The average Bonchev–Trinajstić information content (AvgIpc) is 3.19. The fourth-order valence-electron chi connectivity index (χ4n) is 4.12. The molecule has 0 N–H and O–H groups in total. The lowest BCUT2D eigenvalue weighted by molar-refractivity contribution is 0.00464. The topological polar surface area (TPSA) is 65.7 Å². The van der Waals surface area contributed by atoms with Crippen molar-refractivity contribution in [3.63, 3.8) is 0 Å². The number of rotatable bonds is 3. The summed E-state index contributed by atoms with van der Waals surface area (Å²) in [6, 6.07) is 6.58. The standard InChI is InChI=1S/C23H21ClFN5O/c1-13-10-26-23-20(28-13)9-19(29-22(23)17-4-3-16(24)8-18(17)25)14-5-6-31-21(7-14)15-11-27-30(2)12-15/h3-4,8-12,14,21H,5-7H2,1-2H3. The van der Waals surface area contributed by atoms with Gasteiger partial charge in [-0.2, -0.15) is 5.10 Å². The minimum Gasteiger partial charge on any atom is -0.373 e. The van der Waals surface area contributed by atoms with Crippen molar-refractivity contribution in [3.8, 4) is 11.3 Å². The van der Waals surface area contributed by atoms with E-state index in [1.807, 2.05) is 32.4 Å². The van der Waals surface area contributed by atoms with Crippen molar-refractivity contribution in [2.24, 2.45) is 7.05 Å². The Labute approximate surface area is 184 Å². The van der Waals surface area contributed by atoms with Gasteiger partial charge in [-0.25, -0.2) is 14.4 Å². The SMILES string of the molecule is Cc1cnc2c(-c3ccc(Cl)cc3F)nc(C3CCOC(c4cnn(C)c4)C3)cc2n1. The Kier molecular flexibility index (Phi) is 5.16. The van der Waals surface area contributed by atoms with Crippen LogP contribution in [0.5, 0.6) is 0 Å². The van der Waals surface area contributed by atoms with Crippen molar-refractivity contribution in [1.29, 1.82) is 0 Å². The summed E-state index contributed by atoms with van der Waals surface area (Å²) in [6.45, 7) is 2.51. The van der Waals surface area contributed by atoms with Crippen LogP contribution in [-0.4, -0.2) is 31.3 Å². The van der Waals surface area contributed by atoms with Gasteiger partial charge in [0.15, 0.2) is 0 Å². The van der Waals surface area contributed by atoms with Crippen molar-refractivity contribution >= 4 is 22.6 Å². The molecule has 0 spiro atoms. The van der Waals surface area contributed by atoms with Gasteiger partial charge in [-0.1, -0.05) is 11.6 Å². The molecule has 4 heterocycles. The van der Waals surface area contributed by atoms with Gasteiger partial charge in [-0.3, -0.25) is 9.67 Å². The van der Waals surface area contributed by atoms with Crippen LogP contribution in [0, 0.1) is 12.7 Å². The zero-order chi connectivity index (χ0) is 21.5. The lowest BCUT2D eigenvalue weighted by Gasteiger charge is -2.29. The van der Waals surface area contributed by atoms with E-state index in [0.717, 1.165) is 29.8 Å². The molecule has 0 amide bonds. The van der Waals surface area contributed by atoms with Gasteiger partial charge in [0.1, 0.15) is 17.0 Å². The minimum atomic E-state index is -0.430. The zero-order valence-electron chi connectivity index (χ0n) is 17.2. The number of aromatic nitrogens is 5. The number of aryl methyl sites for hydroxylation is 2. The highest BCUT2D eigenvalue weighted by Gasteiger charge is 2.28. The Balaban J connectivity index is 1.60. The van der Waals surface area contributed by atoms with Crippen LogP contribution in [0.1, 0.15) is 41.8 Å². The first-order valence-electron chi connectivity index (χ1n) is 10.2. The van der Waals surface area contributed by atoms with Gasteiger partial charge < -0.3 is 4.74 Å². The smallest absolute Gasteiger partial charge is 0.134 e. The Morgan fingerprint density at radius 1 is 1.19 bits per heavy atom. The molecule has 4 aromatic rings. The first-order valence-corrected chi connectivity index (χ1v) is 10.6. The highest BCUT2D eigenvalue weighted by atomic mass is 35.5. The lowest BCUT2D eigenvalue weighted by Crippen LogP contribution is -2.19. The highest BCUT2D eigenvalue weighted by molar-refractivity contribution is 6.30. The highest BCUT2D eigenvalue weighted by Crippen LogP contribution is 2.39. The van der Waals surface area contributed by atoms with E-state index in [-0.39, 0.29) is 12.0 Å². The molecule has 2 unspecified atom stereocenters. The average molecular weight is 438 g/mol. The maximum atomic E-state index is 14.8. The molecule has 6 nitrogen and oxygen atoms in total. The molecule has 2 atom stereocenters. The second-order valence-corrected chi connectivity index (χ2v) is 8.36. The molecule has 0 radical (unpaired) electrons. The number of ether oxygens (including phenoxy) is 1. The molecule has 1 fully saturated rings. The predicted molar refractivity (Wildman–Crippen MR) is 116 cm³/mol. The van der Waals surface area contributed by atoms with E-state index in [9.17, 15) is 4.39 Å². The Bertz CT molecular complexity index is 1270. The molecule has 1 saturated heterocycles. The zero-order valence-corrected chi connectivity index (χ0v) is 18.0. The molecule has 0 aliphatic carbocycles. The van der Waals surface area contributed by atoms with Crippen LogP contribution < -0.4 is 0 Å². The van der Waals surface area contributed by atoms with Crippen molar-refractivity contribution in [3.05, 3.63) is 70.6 Å². The van der Waals surface area contributed by atoms with Crippen molar-refractivity contribution in [2.45, 2.75) is 31.8 Å². The molecular weight excluding hydrogens is 417 g/mol. The first-order chi connectivity index (χ1) is 15.0. The Morgan fingerprint density at radius 2 is 2.06 bits per heavy atom. The predicted octanol–water partition coefficient (Wildman–Crippen LogP) is 5.16. The number of nitrogens with zero attached hydrogens (tertiary/aromatic N) is 5. The van der Waals surface area contributed by atoms with Gasteiger partial charge in [-0.15, -0.1) is 0 Å². The monoisotopic (exact) mass is 437 g/mol. The van der Waals surface area contributed by atoms with Crippen LogP contribution in [0.15, 0.2) is 42.9 Å². The van der Waals surface area contributed by atoms with Crippen LogP contribution in [0.25, 0.3) is 22.3 Å². The van der Waals surface area contributed by atoms with Gasteiger partial charge in [0.05, 0.1) is 23.5 Å². The van der Waals surface area contributed by atoms with Crippen LogP contribution in [-0.2, 0) is 11.8 Å². The fraction of sp³-hybridized carbons (Fsp3) is 0.304. The van der Waals surface area contributed by atoms with Gasteiger partial charge in [0, 0.05) is 53.8 Å². The van der Waals surface area contributed by atoms with E-state index < -0.39 is 5.82 Å². The molecule has 1 aromatic carbocycles. The molecule has 8 heteroatoms. The van der Waals surface area contributed by atoms with Crippen LogP contribution >= 0.6 is 11.6 Å². The lowest BCUT2D eigenvalue weighted by atomic mass is 9.89. The van der Waals surface area contributed by atoms with E-state index in [4.69, 9.17) is 21.3 Å². The molecule has 0 bridgehead atoms. The largest absolute Gasteiger partial charge is 0.373 e. The second-order valence-electron chi connectivity index (χ2n) is 7.93. The number of hydrogen-bond acceptors (Lipinski definition) is 5. The number of halogens is 2. The summed E-state index contributed by atoms with van der Waals surface area (Å²) >= 11 is 5.96. The van der Waals surface area contributed by atoms with E-state index in [2.05, 4.69) is 15.1 Å². The third kappa shape index (κ3) is 3.91. The second kappa shape index (κ2) is 7.98. The third-order valence-corrected chi connectivity index (χ3v) is 5.89. The summed E-state index contributed by atoms with van der Waals surface area (Å²) in [5.41, 5.74) is 4.85. The minimum absolute atomic E-state index is 0.0516.